The van der Waals surface area contributed by atoms with Gasteiger partial charge in [-0.3, -0.25) is 14.9 Å². The van der Waals surface area contributed by atoms with E-state index >= 15 is 0 Å². The van der Waals surface area contributed by atoms with Crippen molar-refractivity contribution >= 4 is 22.7 Å². The number of hydrogen-bond acceptors (Lipinski definition) is 4. The second kappa shape index (κ2) is 3.61. The molecule has 0 aliphatic heterocycles. The minimum atomic E-state index is -0.988. The van der Waals surface area contributed by atoms with Crippen LogP contribution in [0.1, 0.15) is 0 Å². The molecule has 1 N–H and O–H groups in total. The Morgan fingerprint density at radius 3 is 2.94 bits per heavy atom. The molecule has 1 heterocycles. The quantitative estimate of drug-likeness (QED) is 0.616. The summed E-state index contributed by atoms with van der Waals surface area (Å²) in [5.74, 6) is -0.988. The van der Waals surface area contributed by atoms with Crippen LogP contribution in [-0.4, -0.2) is 25.6 Å². The lowest BCUT2D eigenvalue weighted by molar-refractivity contribution is -0.384. The Morgan fingerprint density at radius 1 is 1.56 bits per heavy atom. The van der Waals surface area contributed by atoms with Crippen LogP contribution in [0.3, 0.4) is 0 Å². The summed E-state index contributed by atoms with van der Waals surface area (Å²) in [5, 5.41) is 19.1. The van der Waals surface area contributed by atoms with Crippen molar-refractivity contribution in [2.24, 2.45) is 0 Å². The van der Waals surface area contributed by atoms with Crippen LogP contribution in [0.25, 0.3) is 11.0 Å². The molecule has 0 amide bonds. The highest BCUT2D eigenvalue weighted by atomic mass is 16.6. The van der Waals surface area contributed by atoms with E-state index < -0.39 is 10.9 Å². The second-order valence-electron chi connectivity index (χ2n) is 3.20. The molecular formula is C9H7N3O4. The van der Waals surface area contributed by atoms with Gasteiger partial charge in [0.15, 0.2) is 0 Å². The summed E-state index contributed by atoms with van der Waals surface area (Å²) in [4.78, 5) is 24.4. The molecule has 0 saturated heterocycles. The lowest BCUT2D eigenvalue weighted by Crippen LogP contribution is -2.07. The number of nitro benzene ring substituents is 1. The van der Waals surface area contributed by atoms with Crippen molar-refractivity contribution in [1.29, 1.82) is 0 Å². The summed E-state index contributed by atoms with van der Waals surface area (Å²) in [6.45, 7) is -0.214. The van der Waals surface area contributed by atoms with Gasteiger partial charge in [0.05, 0.1) is 22.3 Å². The van der Waals surface area contributed by atoms with E-state index in [9.17, 15) is 14.9 Å². The third-order valence-electron chi connectivity index (χ3n) is 2.12. The molecule has 0 radical (unpaired) electrons. The largest absolute Gasteiger partial charge is 0.480 e. The summed E-state index contributed by atoms with van der Waals surface area (Å²) < 4.78 is 1.42. The summed E-state index contributed by atoms with van der Waals surface area (Å²) in [6, 6.07) is 4.12. The van der Waals surface area contributed by atoms with E-state index in [1.807, 2.05) is 0 Å². The van der Waals surface area contributed by atoms with Crippen LogP contribution < -0.4 is 0 Å². The Morgan fingerprint density at radius 2 is 2.31 bits per heavy atom. The first-order valence-electron chi connectivity index (χ1n) is 4.39. The molecule has 0 unspecified atom stereocenters. The number of rotatable bonds is 3. The van der Waals surface area contributed by atoms with Gasteiger partial charge >= 0.3 is 5.97 Å². The smallest absolute Gasteiger partial charge is 0.323 e. The van der Waals surface area contributed by atoms with Crippen molar-refractivity contribution < 1.29 is 14.8 Å². The van der Waals surface area contributed by atoms with Crippen LogP contribution in [0.4, 0.5) is 5.69 Å². The molecule has 82 valence electrons. The summed E-state index contributed by atoms with van der Waals surface area (Å²) in [7, 11) is 0. The molecule has 7 nitrogen and oxygen atoms in total. The number of carbonyl (C=O) groups is 1. The van der Waals surface area contributed by atoms with Crippen molar-refractivity contribution in [3.8, 4) is 0 Å². The Labute approximate surface area is 89.1 Å². The monoisotopic (exact) mass is 221 g/mol. The molecule has 0 fully saturated rings. The van der Waals surface area contributed by atoms with Crippen LogP contribution in [0.5, 0.6) is 0 Å². The minimum absolute atomic E-state index is 0.0620. The van der Waals surface area contributed by atoms with Crippen LogP contribution in [0.2, 0.25) is 0 Å². The predicted octanol–water partition coefficient (Wildman–Crippen LogP) is 1.03. The zero-order chi connectivity index (χ0) is 11.7. The van der Waals surface area contributed by atoms with Gasteiger partial charge in [-0.2, -0.15) is 0 Å². The normalized spacial score (nSPS) is 10.5. The molecule has 0 aliphatic carbocycles. The molecular weight excluding hydrogens is 214 g/mol. The summed E-state index contributed by atoms with van der Waals surface area (Å²) in [6.07, 6.45) is 1.35. The predicted molar refractivity (Wildman–Crippen MR) is 54.0 cm³/mol. The van der Waals surface area contributed by atoms with E-state index in [4.69, 9.17) is 5.11 Å². The Balaban J connectivity index is 2.50. The number of imidazole rings is 1. The molecule has 0 spiro atoms. The molecule has 16 heavy (non-hydrogen) atoms. The number of nitro groups is 1. The van der Waals surface area contributed by atoms with Gasteiger partial charge in [0.1, 0.15) is 6.54 Å². The number of non-ortho nitro benzene ring substituents is 1. The fourth-order valence-corrected chi connectivity index (χ4v) is 1.44. The van der Waals surface area contributed by atoms with Crippen molar-refractivity contribution in [2.45, 2.75) is 6.54 Å². The molecule has 2 rings (SSSR count). The van der Waals surface area contributed by atoms with Crippen LogP contribution in [-0.2, 0) is 11.3 Å². The van der Waals surface area contributed by atoms with E-state index in [0.717, 1.165) is 0 Å². The highest BCUT2D eigenvalue weighted by Crippen LogP contribution is 2.19. The number of carboxylic acids is 1. The van der Waals surface area contributed by atoms with Crippen molar-refractivity contribution in [2.75, 3.05) is 0 Å². The number of aromatic nitrogens is 2. The van der Waals surface area contributed by atoms with Gasteiger partial charge in [0.25, 0.3) is 5.69 Å². The first-order valence-corrected chi connectivity index (χ1v) is 4.39. The van der Waals surface area contributed by atoms with Crippen LogP contribution >= 0.6 is 0 Å². The zero-order valence-electron chi connectivity index (χ0n) is 8.03. The van der Waals surface area contributed by atoms with Gasteiger partial charge in [-0.1, -0.05) is 0 Å². The maximum atomic E-state index is 10.5. The number of fused-ring (bicyclic) bond motifs is 1. The van der Waals surface area contributed by atoms with Crippen molar-refractivity contribution in [3.63, 3.8) is 0 Å². The van der Waals surface area contributed by atoms with Crippen LogP contribution in [0, 0.1) is 10.1 Å². The maximum absolute atomic E-state index is 10.5. The third-order valence-corrected chi connectivity index (χ3v) is 2.12. The van der Waals surface area contributed by atoms with Gasteiger partial charge < -0.3 is 9.67 Å². The fraction of sp³-hybridized carbons (Fsp3) is 0.111. The first kappa shape index (κ1) is 10.1. The molecule has 0 atom stereocenters. The standard InChI is InChI=1S/C9H7N3O4/c13-9(14)4-11-5-10-7-3-6(12(15)16)1-2-8(7)11/h1-3,5H,4H2,(H,13,14). The number of hydrogen-bond donors (Lipinski definition) is 1. The Hall–Kier alpha value is -2.44. The zero-order valence-corrected chi connectivity index (χ0v) is 8.03. The fourth-order valence-electron chi connectivity index (χ4n) is 1.44. The molecule has 1 aromatic carbocycles. The van der Waals surface area contributed by atoms with Gasteiger partial charge in [0, 0.05) is 12.1 Å². The number of benzene rings is 1. The molecule has 0 aliphatic rings. The third kappa shape index (κ3) is 1.70. The molecule has 0 saturated carbocycles. The van der Waals surface area contributed by atoms with Gasteiger partial charge in [-0.15, -0.1) is 0 Å². The highest BCUT2D eigenvalue weighted by molar-refractivity contribution is 5.79. The average Bonchev–Trinajstić information content (AvgIpc) is 2.60. The SMILES string of the molecule is O=C(O)Cn1cnc2cc([N+](=O)[O-])ccc21. The lowest BCUT2D eigenvalue weighted by Gasteiger charge is -1.98. The molecule has 2 aromatic rings. The Kier molecular flexibility index (Phi) is 2.28. The van der Waals surface area contributed by atoms with Gasteiger partial charge in [-0.05, 0) is 6.07 Å². The van der Waals surface area contributed by atoms with Crippen molar-refractivity contribution in [3.05, 3.63) is 34.6 Å². The molecule has 0 bridgehead atoms. The highest BCUT2D eigenvalue weighted by Gasteiger charge is 2.10. The van der Waals surface area contributed by atoms with E-state index in [2.05, 4.69) is 4.98 Å². The Bertz CT molecular complexity index is 575. The molecule has 7 heteroatoms. The van der Waals surface area contributed by atoms with E-state index in [1.54, 1.807) is 0 Å². The van der Waals surface area contributed by atoms with Gasteiger partial charge in [-0.25, -0.2) is 4.98 Å². The first-order chi connectivity index (χ1) is 7.58. The number of carboxylic acid groups (broad SMARTS) is 1. The van der Waals surface area contributed by atoms with E-state index in [-0.39, 0.29) is 12.2 Å². The maximum Gasteiger partial charge on any atom is 0.323 e. The van der Waals surface area contributed by atoms with E-state index in [0.29, 0.717) is 11.0 Å². The molecule has 1 aromatic heterocycles. The van der Waals surface area contributed by atoms with Gasteiger partial charge in [0.2, 0.25) is 0 Å². The summed E-state index contributed by atoms with van der Waals surface area (Å²) in [5.41, 5.74) is 0.913. The second-order valence-corrected chi connectivity index (χ2v) is 3.20. The lowest BCUT2D eigenvalue weighted by atomic mass is 10.3. The topological polar surface area (TPSA) is 98.3 Å². The van der Waals surface area contributed by atoms with Crippen molar-refractivity contribution in [1.82, 2.24) is 9.55 Å². The minimum Gasteiger partial charge on any atom is -0.480 e. The van der Waals surface area contributed by atoms with E-state index in [1.165, 1.54) is 29.1 Å². The van der Waals surface area contributed by atoms with Crippen LogP contribution in [0.15, 0.2) is 24.5 Å². The number of nitrogens with zero attached hydrogens (tertiary/aromatic N) is 3. The summed E-state index contributed by atoms with van der Waals surface area (Å²) >= 11 is 0. The average molecular weight is 221 g/mol. The number of aliphatic carboxylic acids is 1.